The van der Waals surface area contributed by atoms with Gasteiger partial charge in [-0.25, -0.2) is 28.1 Å². The standard InChI is InChI=1S/C36H72N6O6/c1-31(2,3)22-34(10,11)37-16-25(43)19-40-28(46)41(20-26(44)17-38-35(12,13)23-32(4,5)6)30(48)42(29(40)47)21-27(45)18-39-36(14,15)24-33(7,8)9/h25-27,37-39,43-45H,16-24H2,1-15H3. The molecule has 0 amide bonds. The first-order valence-corrected chi connectivity index (χ1v) is 17.6. The Morgan fingerprint density at radius 3 is 0.792 bits per heavy atom. The van der Waals surface area contributed by atoms with Gasteiger partial charge in [0.25, 0.3) is 0 Å². The van der Waals surface area contributed by atoms with Gasteiger partial charge in [-0.3, -0.25) is 0 Å². The largest absolute Gasteiger partial charge is 0.390 e. The van der Waals surface area contributed by atoms with Crippen LogP contribution in [0.25, 0.3) is 0 Å². The van der Waals surface area contributed by atoms with E-state index in [1.54, 1.807) is 0 Å². The second-order valence-corrected chi connectivity index (χ2v) is 19.6. The van der Waals surface area contributed by atoms with E-state index in [1.165, 1.54) is 0 Å². The van der Waals surface area contributed by atoms with Crippen LogP contribution in [0.1, 0.15) is 123 Å². The molecule has 0 aliphatic carbocycles. The van der Waals surface area contributed by atoms with Crippen LogP contribution < -0.4 is 33.0 Å². The second-order valence-electron chi connectivity index (χ2n) is 19.6. The van der Waals surface area contributed by atoms with Gasteiger partial charge in [-0.05, 0) is 77.0 Å². The Hall–Kier alpha value is -1.83. The Balaban J connectivity index is 3.40. The van der Waals surface area contributed by atoms with Crippen LogP contribution >= 0.6 is 0 Å². The summed E-state index contributed by atoms with van der Waals surface area (Å²) >= 11 is 0. The number of aromatic nitrogens is 3. The molecule has 12 nitrogen and oxygen atoms in total. The summed E-state index contributed by atoms with van der Waals surface area (Å²) in [5.41, 5.74) is -3.59. The van der Waals surface area contributed by atoms with Crippen molar-refractivity contribution >= 4 is 0 Å². The van der Waals surface area contributed by atoms with Gasteiger partial charge in [0.15, 0.2) is 0 Å². The summed E-state index contributed by atoms with van der Waals surface area (Å²) in [7, 11) is 0. The van der Waals surface area contributed by atoms with Gasteiger partial charge in [0.2, 0.25) is 0 Å². The first kappa shape index (κ1) is 44.2. The van der Waals surface area contributed by atoms with Crippen LogP contribution in [0, 0.1) is 16.2 Å². The lowest BCUT2D eigenvalue weighted by molar-refractivity contribution is 0.110. The first-order valence-electron chi connectivity index (χ1n) is 17.6. The molecule has 0 bridgehead atoms. The molecule has 3 unspecified atom stereocenters. The van der Waals surface area contributed by atoms with E-state index >= 15 is 0 Å². The van der Waals surface area contributed by atoms with E-state index in [0.717, 1.165) is 33.0 Å². The van der Waals surface area contributed by atoms with Crippen molar-refractivity contribution in [1.29, 1.82) is 0 Å². The van der Waals surface area contributed by atoms with Gasteiger partial charge in [-0.2, -0.15) is 0 Å². The number of rotatable bonds is 18. The number of nitrogens with one attached hydrogen (secondary N) is 3. The van der Waals surface area contributed by atoms with E-state index in [4.69, 9.17) is 0 Å². The Labute approximate surface area is 289 Å². The van der Waals surface area contributed by atoms with Crippen LogP contribution in [0.3, 0.4) is 0 Å². The molecule has 0 saturated carbocycles. The molecule has 0 radical (unpaired) electrons. The van der Waals surface area contributed by atoms with Crippen LogP contribution in [-0.4, -0.2) is 83.6 Å². The summed E-state index contributed by atoms with van der Waals surface area (Å²) in [5.74, 6) is 0. The van der Waals surface area contributed by atoms with Gasteiger partial charge in [0.05, 0.1) is 37.9 Å². The van der Waals surface area contributed by atoms with Crippen LogP contribution in [0.5, 0.6) is 0 Å². The van der Waals surface area contributed by atoms with E-state index < -0.39 is 35.4 Å². The van der Waals surface area contributed by atoms with E-state index in [-0.39, 0.29) is 72.1 Å². The van der Waals surface area contributed by atoms with Crippen LogP contribution in [-0.2, 0) is 19.6 Å². The second kappa shape index (κ2) is 16.5. The minimum atomic E-state index is -1.12. The highest BCUT2D eigenvalue weighted by molar-refractivity contribution is 4.89. The normalized spacial score (nSPS) is 15.9. The average molecular weight is 685 g/mol. The SMILES string of the molecule is CC(C)(C)CC(C)(C)NCC(O)Cn1c(=O)n(CC(O)CNC(C)(C)CC(C)(C)C)c(=O)n(CC(O)CNC(C)(C)CC(C)(C)C)c1=O. The van der Waals surface area contributed by atoms with Gasteiger partial charge in [0.1, 0.15) is 0 Å². The Kier molecular flexibility index (Phi) is 15.2. The monoisotopic (exact) mass is 685 g/mol. The maximum Gasteiger partial charge on any atom is 0.336 e. The molecule has 12 heteroatoms. The Bertz CT molecular complexity index is 1150. The predicted molar refractivity (Wildman–Crippen MR) is 196 cm³/mol. The van der Waals surface area contributed by atoms with Gasteiger partial charge in [0, 0.05) is 36.3 Å². The molecule has 6 N–H and O–H groups in total. The third-order valence-corrected chi connectivity index (χ3v) is 7.93. The fourth-order valence-electron chi connectivity index (χ4n) is 7.32. The van der Waals surface area contributed by atoms with Crippen LogP contribution in [0.15, 0.2) is 14.4 Å². The number of aliphatic hydroxyl groups excluding tert-OH is 3. The summed E-state index contributed by atoms with van der Waals surface area (Å²) in [4.78, 5) is 41.0. The van der Waals surface area contributed by atoms with Crippen molar-refractivity contribution in [2.45, 2.75) is 178 Å². The summed E-state index contributed by atoms with van der Waals surface area (Å²) in [6, 6.07) is 0. The van der Waals surface area contributed by atoms with Crippen molar-refractivity contribution in [2.24, 2.45) is 16.2 Å². The maximum atomic E-state index is 13.7. The number of β-amino-alcohol motifs (C(OH)–C–C–N with tert-alkyl or cyclic N) is 3. The molecule has 282 valence electrons. The van der Waals surface area contributed by atoms with Gasteiger partial charge < -0.3 is 31.3 Å². The molecule has 1 aromatic rings. The molecule has 48 heavy (non-hydrogen) atoms. The molecule has 0 aliphatic rings. The zero-order valence-electron chi connectivity index (χ0n) is 33.0. The van der Waals surface area contributed by atoms with Crippen molar-refractivity contribution < 1.29 is 15.3 Å². The van der Waals surface area contributed by atoms with Crippen molar-refractivity contribution in [1.82, 2.24) is 29.7 Å². The molecule has 0 aromatic carbocycles. The smallest absolute Gasteiger partial charge is 0.336 e. The molecular formula is C36H72N6O6. The topological polar surface area (TPSA) is 163 Å². The first-order chi connectivity index (χ1) is 21.3. The van der Waals surface area contributed by atoms with E-state index in [1.807, 2.05) is 41.5 Å². The summed E-state index contributed by atoms with van der Waals surface area (Å²) < 4.78 is 2.49. The fourth-order valence-corrected chi connectivity index (χ4v) is 7.32. The van der Waals surface area contributed by atoms with Crippen molar-refractivity contribution in [2.75, 3.05) is 19.6 Å². The Morgan fingerprint density at radius 2 is 0.625 bits per heavy atom. The maximum absolute atomic E-state index is 13.7. The number of aliphatic hydroxyl groups is 3. The van der Waals surface area contributed by atoms with Gasteiger partial charge in [-0.15, -0.1) is 0 Å². The minimum absolute atomic E-state index is 0.0386. The molecule has 0 spiro atoms. The highest BCUT2D eigenvalue weighted by Gasteiger charge is 2.29. The molecule has 3 atom stereocenters. The molecule has 0 aliphatic heterocycles. The highest BCUT2D eigenvalue weighted by Crippen LogP contribution is 2.28. The molecule has 1 rings (SSSR count). The Morgan fingerprint density at radius 1 is 0.438 bits per heavy atom. The summed E-state index contributed by atoms with van der Waals surface area (Å²) in [5, 5.41) is 43.0. The number of hydrogen-bond donors (Lipinski definition) is 6. The number of hydrogen-bond acceptors (Lipinski definition) is 9. The lowest BCUT2D eigenvalue weighted by Crippen LogP contribution is -2.58. The van der Waals surface area contributed by atoms with Crippen molar-refractivity contribution in [3.05, 3.63) is 31.5 Å². The predicted octanol–water partition coefficient (Wildman–Crippen LogP) is 2.67. The lowest BCUT2D eigenvalue weighted by Gasteiger charge is -2.34. The molecule has 1 heterocycles. The summed E-state index contributed by atoms with van der Waals surface area (Å²) in [6.07, 6.45) is -0.903. The minimum Gasteiger partial charge on any atom is -0.390 e. The lowest BCUT2D eigenvalue weighted by atomic mass is 9.81. The molecule has 0 fully saturated rings. The summed E-state index contributed by atoms with van der Waals surface area (Å²) in [6.45, 7) is 30.6. The van der Waals surface area contributed by atoms with Crippen molar-refractivity contribution in [3.63, 3.8) is 0 Å². The van der Waals surface area contributed by atoms with E-state index in [9.17, 15) is 29.7 Å². The number of nitrogens with zero attached hydrogens (tertiary/aromatic N) is 3. The van der Waals surface area contributed by atoms with Crippen LogP contribution in [0.2, 0.25) is 0 Å². The third-order valence-electron chi connectivity index (χ3n) is 7.93. The van der Waals surface area contributed by atoms with Crippen molar-refractivity contribution in [3.8, 4) is 0 Å². The van der Waals surface area contributed by atoms with E-state index in [0.29, 0.717) is 0 Å². The van der Waals surface area contributed by atoms with Crippen LogP contribution in [0.4, 0.5) is 0 Å². The zero-order chi connectivity index (χ0) is 37.7. The average Bonchev–Trinajstić information content (AvgIpc) is 2.84. The van der Waals surface area contributed by atoms with E-state index in [2.05, 4.69) is 78.3 Å². The molecular weight excluding hydrogens is 612 g/mol. The third kappa shape index (κ3) is 16.7. The molecule has 0 saturated heterocycles. The quantitative estimate of drug-likeness (QED) is 0.137. The van der Waals surface area contributed by atoms with Gasteiger partial charge in [-0.1, -0.05) is 62.3 Å². The molecule has 1 aromatic heterocycles. The fraction of sp³-hybridized carbons (Fsp3) is 0.917. The highest BCUT2D eigenvalue weighted by atomic mass is 16.3. The zero-order valence-corrected chi connectivity index (χ0v) is 33.0. The van der Waals surface area contributed by atoms with Gasteiger partial charge >= 0.3 is 17.1 Å².